The predicted octanol–water partition coefficient (Wildman–Crippen LogP) is 2.39. The van der Waals surface area contributed by atoms with Crippen molar-refractivity contribution >= 4 is 17.8 Å². The molecule has 1 fully saturated rings. The Morgan fingerprint density at radius 3 is 2.41 bits per heavy atom. The summed E-state index contributed by atoms with van der Waals surface area (Å²) in [6.07, 6.45) is 7.83. The molecule has 1 saturated carbocycles. The molecule has 0 bridgehead atoms. The molecule has 0 aromatic rings. The highest BCUT2D eigenvalue weighted by Gasteiger charge is 2.36. The van der Waals surface area contributed by atoms with Crippen LogP contribution in [0.5, 0.6) is 0 Å². The number of esters is 1. The Morgan fingerprint density at radius 1 is 1.21 bits per heavy atom. The van der Waals surface area contributed by atoms with E-state index < -0.39 is 17.0 Å². The van der Waals surface area contributed by atoms with Crippen molar-refractivity contribution in [2.24, 2.45) is 5.92 Å². The third kappa shape index (κ3) is 8.81. The topological polar surface area (TPSA) is 105 Å². The highest BCUT2D eigenvalue weighted by atomic mass is 16.5. The fourth-order valence-electron chi connectivity index (χ4n) is 3.45. The van der Waals surface area contributed by atoms with Crippen molar-refractivity contribution in [2.75, 3.05) is 13.2 Å². The van der Waals surface area contributed by atoms with Gasteiger partial charge in [0.25, 0.3) is 0 Å². The number of allylic oxidation sites excluding steroid dienone is 2. The van der Waals surface area contributed by atoms with Crippen LogP contribution in [0.3, 0.4) is 0 Å². The number of aliphatic hydroxyl groups is 1. The van der Waals surface area contributed by atoms with Crippen LogP contribution in [0.1, 0.15) is 65.2 Å². The summed E-state index contributed by atoms with van der Waals surface area (Å²) in [4.78, 5) is 36.9. The SMILES string of the molecule is C=CCCC(=O)OCC(C)(C)NC(=O)C(CC=C)CC(=O)NC1(CO)CCCC1. The maximum Gasteiger partial charge on any atom is 0.306 e. The second-order valence-corrected chi connectivity index (χ2v) is 8.48. The second kappa shape index (κ2) is 11.8. The van der Waals surface area contributed by atoms with E-state index in [-0.39, 0.29) is 43.8 Å². The maximum atomic E-state index is 12.7. The highest BCUT2D eigenvalue weighted by molar-refractivity contribution is 5.86. The van der Waals surface area contributed by atoms with Crippen molar-refractivity contribution < 1.29 is 24.2 Å². The average molecular weight is 409 g/mol. The molecule has 7 heteroatoms. The molecule has 0 heterocycles. The molecule has 1 atom stereocenters. The summed E-state index contributed by atoms with van der Waals surface area (Å²) in [6, 6.07) is 0. The Bertz CT molecular complexity index is 594. The molecule has 0 spiro atoms. The predicted molar refractivity (Wildman–Crippen MR) is 112 cm³/mol. The smallest absolute Gasteiger partial charge is 0.306 e. The van der Waals surface area contributed by atoms with E-state index in [1.54, 1.807) is 26.0 Å². The van der Waals surface area contributed by atoms with E-state index >= 15 is 0 Å². The van der Waals surface area contributed by atoms with Crippen LogP contribution in [-0.2, 0) is 19.1 Å². The molecule has 3 N–H and O–H groups in total. The van der Waals surface area contributed by atoms with Crippen molar-refractivity contribution in [3.05, 3.63) is 25.3 Å². The average Bonchev–Trinajstić information content (AvgIpc) is 3.13. The van der Waals surface area contributed by atoms with Crippen LogP contribution in [0, 0.1) is 5.92 Å². The molecular formula is C22H36N2O5. The molecule has 164 valence electrons. The summed E-state index contributed by atoms with van der Waals surface area (Å²) < 4.78 is 5.22. The molecule has 29 heavy (non-hydrogen) atoms. The van der Waals surface area contributed by atoms with Gasteiger partial charge in [0.2, 0.25) is 11.8 Å². The Balaban J connectivity index is 2.61. The number of hydrogen-bond donors (Lipinski definition) is 3. The Kier molecular flexibility index (Phi) is 10.1. The molecule has 0 aromatic heterocycles. The number of aliphatic hydroxyl groups excluding tert-OH is 1. The van der Waals surface area contributed by atoms with Gasteiger partial charge in [0.15, 0.2) is 0 Å². The largest absolute Gasteiger partial charge is 0.463 e. The van der Waals surface area contributed by atoms with Gasteiger partial charge in [-0.2, -0.15) is 0 Å². The van der Waals surface area contributed by atoms with Gasteiger partial charge in [0.05, 0.1) is 23.6 Å². The standard InChI is InChI=1S/C22H36N2O5/c1-5-7-11-19(27)29-16-21(3,4)24-20(28)17(10-6-2)14-18(26)23-22(15-25)12-8-9-13-22/h5-6,17,25H,1-2,7-16H2,3-4H3,(H,23,26)(H,24,28). The molecular weight excluding hydrogens is 372 g/mol. The molecule has 2 amide bonds. The number of amides is 2. The first-order valence-corrected chi connectivity index (χ1v) is 10.3. The normalized spacial score (nSPS) is 16.5. The molecule has 7 nitrogen and oxygen atoms in total. The number of ether oxygens (including phenoxy) is 1. The minimum absolute atomic E-state index is 0.00874. The van der Waals surface area contributed by atoms with E-state index in [1.807, 2.05) is 0 Å². The first-order valence-electron chi connectivity index (χ1n) is 10.3. The van der Waals surface area contributed by atoms with Crippen LogP contribution < -0.4 is 10.6 Å². The minimum atomic E-state index is -0.769. The van der Waals surface area contributed by atoms with E-state index in [0.717, 1.165) is 25.7 Å². The third-order valence-electron chi connectivity index (χ3n) is 5.13. The van der Waals surface area contributed by atoms with Crippen molar-refractivity contribution in [3.63, 3.8) is 0 Å². The molecule has 0 aliphatic heterocycles. The number of carbonyl (C=O) groups excluding carboxylic acids is 3. The van der Waals surface area contributed by atoms with Gasteiger partial charge in [-0.25, -0.2) is 0 Å². The van der Waals surface area contributed by atoms with Gasteiger partial charge in [-0.15, -0.1) is 13.2 Å². The van der Waals surface area contributed by atoms with E-state index in [0.29, 0.717) is 12.8 Å². The quantitative estimate of drug-likeness (QED) is 0.321. The molecule has 1 aliphatic rings. The second-order valence-electron chi connectivity index (χ2n) is 8.48. The minimum Gasteiger partial charge on any atom is -0.463 e. The lowest BCUT2D eigenvalue weighted by atomic mass is 9.95. The van der Waals surface area contributed by atoms with Crippen molar-refractivity contribution in [1.29, 1.82) is 0 Å². The number of nitrogens with one attached hydrogen (secondary N) is 2. The van der Waals surface area contributed by atoms with Crippen molar-refractivity contribution in [2.45, 2.75) is 76.3 Å². The summed E-state index contributed by atoms with van der Waals surface area (Å²) in [5, 5.41) is 15.5. The van der Waals surface area contributed by atoms with Gasteiger partial charge in [-0.3, -0.25) is 14.4 Å². The van der Waals surface area contributed by atoms with Gasteiger partial charge in [0.1, 0.15) is 6.61 Å². The fraction of sp³-hybridized carbons (Fsp3) is 0.682. The number of carbonyl (C=O) groups is 3. The van der Waals surface area contributed by atoms with Gasteiger partial charge < -0.3 is 20.5 Å². The van der Waals surface area contributed by atoms with Gasteiger partial charge in [-0.1, -0.05) is 25.0 Å². The lowest BCUT2D eigenvalue weighted by Gasteiger charge is -2.30. The van der Waals surface area contributed by atoms with Crippen molar-refractivity contribution in [1.82, 2.24) is 10.6 Å². The van der Waals surface area contributed by atoms with E-state index in [4.69, 9.17) is 4.74 Å². The van der Waals surface area contributed by atoms with Crippen LogP contribution in [0.4, 0.5) is 0 Å². The maximum absolute atomic E-state index is 12.7. The number of hydrogen-bond acceptors (Lipinski definition) is 5. The van der Waals surface area contributed by atoms with Crippen molar-refractivity contribution in [3.8, 4) is 0 Å². The summed E-state index contributed by atoms with van der Waals surface area (Å²) in [5.74, 6) is -1.48. The Morgan fingerprint density at radius 2 is 1.86 bits per heavy atom. The van der Waals surface area contributed by atoms with Crippen LogP contribution in [0.2, 0.25) is 0 Å². The van der Waals surface area contributed by atoms with Crippen LogP contribution in [-0.4, -0.2) is 47.2 Å². The summed E-state index contributed by atoms with van der Waals surface area (Å²) in [6.45, 7) is 10.7. The molecule has 0 radical (unpaired) electrons. The molecule has 1 aliphatic carbocycles. The molecule has 0 aromatic carbocycles. The first kappa shape index (κ1) is 24.9. The summed E-state index contributed by atoms with van der Waals surface area (Å²) in [7, 11) is 0. The van der Waals surface area contributed by atoms with E-state index in [2.05, 4.69) is 23.8 Å². The van der Waals surface area contributed by atoms with E-state index in [9.17, 15) is 19.5 Å². The third-order valence-corrected chi connectivity index (χ3v) is 5.13. The monoisotopic (exact) mass is 408 g/mol. The van der Waals surface area contributed by atoms with Crippen LogP contribution in [0.15, 0.2) is 25.3 Å². The lowest BCUT2D eigenvalue weighted by molar-refractivity contribution is -0.146. The zero-order valence-electron chi connectivity index (χ0n) is 17.8. The Hall–Kier alpha value is -2.15. The van der Waals surface area contributed by atoms with Crippen LogP contribution >= 0.6 is 0 Å². The molecule has 1 unspecified atom stereocenters. The van der Waals surface area contributed by atoms with Crippen LogP contribution in [0.25, 0.3) is 0 Å². The number of rotatable bonds is 13. The highest BCUT2D eigenvalue weighted by Crippen LogP contribution is 2.29. The van der Waals surface area contributed by atoms with Gasteiger partial charge in [-0.05, 0) is 39.5 Å². The first-order chi connectivity index (χ1) is 13.7. The fourth-order valence-corrected chi connectivity index (χ4v) is 3.45. The lowest BCUT2D eigenvalue weighted by Crippen LogP contribution is -2.52. The van der Waals surface area contributed by atoms with Gasteiger partial charge >= 0.3 is 5.97 Å². The summed E-state index contributed by atoms with van der Waals surface area (Å²) >= 11 is 0. The zero-order valence-corrected chi connectivity index (χ0v) is 17.8. The van der Waals surface area contributed by atoms with Gasteiger partial charge in [0, 0.05) is 12.8 Å². The molecule has 1 rings (SSSR count). The zero-order chi connectivity index (χ0) is 21.9. The summed E-state index contributed by atoms with van der Waals surface area (Å²) in [5.41, 5.74) is -1.33. The van der Waals surface area contributed by atoms with E-state index in [1.165, 1.54) is 0 Å². The molecule has 0 saturated heterocycles. The Labute approximate surface area is 174 Å².